The molecule has 2 aliphatic rings. The highest BCUT2D eigenvalue weighted by molar-refractivity contribution is 5.85. The number of rotatable bonds is 1. The Kier molecular flexibility index (Phi) is 5.26. The van der Waals surface area contributed by atoms with Crippen LogP contribution in [0.3, 0.4) is 0 Å². The number of likely N-dealkylation sites (tertiary alicyclic amines) is 1. The van der Waals surface area contributed by atoms with Crippen LogP contribution in [0.4, 0.5) is 0 Å². The van der Waals surface area contributed by atoms with Crippen LogP contribution in [0.1, 0.15) is 46.0 Å². The molecule has 0 bridgehead atoms. The van der Waals surface area contributed by atoms with Crippen LogP contribution in [-0.2, 0) is 4.79 Å². The van der Waals surface area contributed by atoms with E-state index in [2.05, 4.69) is 18.7 Å². The molecule has 1 saturated carbocycles. The molecule has 1 saturated heterocycles. The van der Waals surface area contributed by atoms with Gasteiger partial charge < -0.3 is 10.6 Å². The number of hydrogen-bond donors (Lipinski definition) is 1. The molecule has 0 aromatic carbocycles. The van der Waals surface area contributed by atoms with E-state index in [4.69, 9.17) is 5.73 Å². The molecule has 2 fully saturated rings. The van der Waals surface area contributed by atoms with Gasteiger partial charge in [0.2, 0.25) is 5.91 Å². The van der Waals surface area contributed by atoms with E-state index in [1.54, 1.807) is 0 Å². The molecule has 2 N–H and O–H groups in total. The predicted octanol–water partition coefficient (Wildman–Crippen LogP) is 2.18. The molecule has 1 heterocycles. The van der Waals surface area contributed by atoms with Crippen molar-refractivity contribution >= 4 is 18.3 Å². The average molecular weight is 261 g/mol. The van der Waals surface area contributed by atoms with Crippen LogP contribution in [0.5, 0.6) is 0 Å². The van der Waals surface area contributed by atoms with Crippen LogP contribution in [0.25, 0.3) is 0 Å². The van der Waals surface area contributed by atoms with Crippen LogP contribution in [0.2, 0.25) is 0 Å². The second-order valence-electron chi connectivity index (χ2n) is 5.79. The zero-order valence-corrected chi connectivity index (χ0v) is 11.7. The zero-order chi connectivity index (χ0) is 11.7. The molecule has 0 aromatic rings. The first kappa shape index (κ1) is 14.8. The van der Waals surface area contributed by atoms with E-state index >= 15 is 0 Å². The highest BCUT2D eigenvalue weighted by atomic mass is 35.5. The number of halogens is 1. The summed E-state index contributed by atoms with van der Waals surface area (Å²) < 4.78 is 0. The Bertz CT molecular complexity index is 272. The van der Waals surface area contributed by atoms with Gasteiger partial charge in [-0.3, -0.25) is 4.79 Å². The number of nitrogens with zero attached hydrogens (tertiary/aromatic N) is 1. The van der Waals surface area contributed by atoms with Gasteiger partial charge in [0.05, 0.1) is 0 Å². The molecule has 0 aromatic heterocycles. The Labute approximate surface area is 111 Å². The lowest BCUT2D eigenvalue weighted by molar-refractivity contribution is -0.139. The summed E-state index contributed by atoms with van der Waals surface area (Å²) in [6.45, 7) is 5.37. The van der Waals surface area contributed by atoms with Crippen molar-refractivity contribution in [2.45, 2.75) is 58.0 Å². The maximum Gasteiger partial charge on any atom is 0.225 e. The lowest BCUT2D eigenvalue weighted by atomic mass is 9.93. The van der Waals surface area contributed by atoms with Gasteiger partial charge in [-0.15, -0.1) is 12.4 Å². The van der Waals surface area contributed by atoms with Crippen molar-refractivity contribution in [3.05, 3.63) is 0 Å². The Morgan fingerprint density at radius 3 is 2.47 bits per heavy atom. The summed E-state index contributed by atoms with van der Waals surface area (Å²) in [6.07, 6.45) is 5.34. The average Bonchev–Trinajstić information content (AvgIpc) is 2.67. The smallest absolute Gasteiger partial charge is 0.225 e. The molecule has 100 valence electrons. The van der Waals surface area contributed by atoms with E-state index in [0.29, 0.717) is 17.9 Å². The zero-order valence-electron chi connectivity index (χ0n) is 10.9. The molecule has 4 heteroatoms. The normalized spacial score (nSPS) is 37.7. The van der Waals surface area contributed by atoms with Crippen molar-refractivity contribution in [1.29, 1.82) is 0 Å². The second-order valence-corrected chi connectivity index (χ2v) is 5.79. The van der Waals surface area contributed by atoms with Gasteiger partial charge >= 0.3 is 0 Å². The second kappa shape index (κ2) is 6.05. The highest BCUT2D eigenvalue weighted by Crippen LogP contribution is 2.29. The van der Waals surface area contributed by atoms with Crippen molar-refractivity contribution in [3.63, 3.8) is 0 Å². The molecule has 1 amide bonds. The minimum absolute atomic E-state index is 0. The quantitative estimate of drug-likeness (QED) is 0.786. The summed E-state index contributed by atoms with van der Waals surface area (Å²) in [6, 6.07) is 0.687. The molecule has 1 aliphatic carbocycles. The number of hydrogen-bond acceptors (Lipinski definition) is 2. The Morgan fingerprint density at radius 1 is 1.18 bits per heavy atom. The van der Waals surface area contributed by atoms with Crippen LogP contribution < -0.4 is 5.73 Å². The summed E-state index contributed by atoms with van der Waals surface area (Å²) >= 11 is 0. The van der Waals surface area contributed by atoms with Gasteiger partial charge in [0.1, 0.15) is 0 Å². The highest BCUT2D eigenvalue weighted by Gasteiger charge is 2.34. The molecular weight excluding hydrogens is 236 g/mol. The summed E-state index contributed by atoms with van der Waals surface area (Å²) in [5.74, 6) is 1.24. The summed E-state index contributed by atoms with van der Waals surface area (Å²) in [5.41, 5.74) is 5.88. The third-order valence-electron chi connectivity index (χ3n) is 4.22. The Hall–Kier alpha value is -0.280. The van der Waals surface area contributed by atoms with Crippen LogP contribution in [-0.4, -0.2) is 29.4 Å². The number of amides is 1. The van der Waals surface area contributed by atoms with Gasteiger partial charge in [-0.05, 0) is 44.9 Å². The van der Waals surface area contributed by atoms with E-state index in [9.17, 15) is 4.79 Å². The first-order chi connectivity index (χ1) is 7.58. The summed E-state index contributed by atoms with van der Waals surface area (Å²) in [5, 5.41) is 0. The lowest BCUT2D eigenvalue weighted by Crippen LogP contribution is -2.47. The molecule has 17 heavy (non-hydrogen) atoms. The lowest BCUT2D eigenvalue weighted by Gasteiger charge is -2.38. The number of piperidine rings is 1. The van der Waals surface area contributed by atoms with Gasteiger partial charge in [0.25, 0.3) is 0 Å². The van der Waals surface area contributed by atoms with Gasteiger partial charge in [-0.2, -0.15) is 0 Å². The first-order valence-corrected chi connectivity index (χ1v) is 6.64. The van der Waals surface area contributed by atoms with Crippen molar-refractivity contribution in [2.75, 3.05) is 6.54 Å². The van der Waals surface area contributed by atoms with Crippen LogP contribution in [0, 0.1) is 11.8 Å². The molecule has 4 atom stereocenters. The standard InChI is InChI=1S/C13H24N2O.ClH/c1-9-3-4-10(2)15(8-9)13(16)11-5-6-12(14)7-11;/h9-12H,3-8,14H2,1-2H3;1H. The third kappa shape index (κ3) is 3.35. The van der Waals surface area contributed by atoms with Gasteiger partial charge in [0.15, 0.2) is 0 Å². The largest absolute Gasteiger partial charge is 0.339 e. The molecule has 0 spiro atoms. The summed E-state index contributed by atoms with van der Waals surface area (Å²) in [7, 11) is 0. The van der Waals surface area contributed by atoms with Crippen LogP contribution >= 0.6 is 12.4 Å². The molecular formula is C13H25ClN2O. The SMILES string of the molecule is CC1CCC(C)N(C(=O)C2CCC(N)C2)C1.Cl. The van der Waals surface area contributed by atoms with Crippen molar-refractivity contribution in [3.8, 4) is 0 Å². The van der Waals surface area contributed by atoms with E-state index in [1.165, 1.54) is 6.42 Å². The van der Waals surface area contributed by atoms with Crippen molar-refractivity contribution < 1.29 is 4.79 Å². The van der Waals surface area contributed by atoms with Crippen LogP contribution in [0.15, 0.2) is 0 Å². The molecule has 4 unspecified atom stereocenters. The fraction of sp³-hybridized carbons (Fsp3) is 0.923. The molecule has 1 aliphatic heterocycles. The molecule has 2 rings (SSSR count). The fourth-order valence-corrected chi connectivity index (χ4v) is 3.07. The minimum Gasteiger partial charge on any atom is -0.339 e. The van der Waals surface area contributed by atoms with Crippen molar-refractivity contribution in [1.82, 2.24) is 4.90 Å². The summed E-state index contributed by atoms with van der Waals surface area (Å²) in [4.78, 5) is 14.5. The van der Waals surface area contributed by atoms with E-state index < -0.39 is 0 Å². The fourth-order valence-electron chi connectivity index (χ4n) is 3.07. The maximum atomic E-state index is 12.4. The van der Waals surface area contributed by atoms with E-state index in [0.717, 1.165) is 32.2 Å². The van der Waals surface area contributed by atoms with Gasteiger partial charge in [-0.25, -0.2) is 0 Å². The number of carbonyl (C=O) groups excluding carboxylic acids is 1. The molecule has 3 nitrogen and oxygen atoms in total. The monoisotopic (exact) mass is 260 g/mol. The van der Waals surface area contributed by atoms with Gasteiger partial charge in [0, 0.05) is 24.5 Å². The third-order valence-corrected chi connectivity index (χ3v) is 4.22. The Balaban J connectivity index is 0.00000144. The number of nitrogens with two attached hydrogens (primary N) is 1. The Morgan fingerprint density at radius 2 is 1.88 bits per heavy atom. The first-order valence-electron chi connectivity index (χ1n) is 6.64. The maximum absolute atomic E-state index is 12.4. The van der Waals surface area contributed by atoms with Gasteiger partial charge in [-0.1, -0.05) is 6.92 Å². The van der Waals surface area contributed by atoms with E-state index in [1.807, 2.05) is 0 Å². The topological polar surface area (TPSA) is 46.3 Å². The number of carbonyl (C=O) groups is 1. The minimum atomic E-state index is 0. The van der Waals surface area contributed by atoms with Crippen molar-refractivity contribution in [2.24, 2.45) is 17.6 Å². The molecule has 0 radical (unpaired) electrons. The van der Waals surface area contributed by atoms with E-state index in [-0.39, 0.29) is 24.4 Å². The predicted molar refractivity (Wildman–Crippen MR) is 72.1 cm³/mol.